The lowest BCUT2D eigenvalue weighted by molar-refractivity contribution is 0.0501. The van der Waals surface area contributed by atoms with E-state index in [1.165, 1.54) is 6.42 Å². The maximum atomic E-state index is 12.1. The molecule has 1 unspecified atom stereocenters. The smallest absolute Gasteiger partial charge is 0.408 e. The largest absolute Gasteiger partial charge is 0.444 e. The van der Waals surface area contributed by atoms with E-state index in [0.717, 1.165) is 31.5 Å². The second-order valence-corrected chi connectivity index (χ2v) is 7.08. The summed E-state index contributed by atoms with van der Waals surface area (Å²) in [6.45, 7) is 9.57. The van der Waals surface area contributed by atoms with Gasteiger partial charge in [0.2, 0.25) is 0 Å². The lowest BCUT2D eigenvalue weighted by Gasteiger charge is -2.24. The molecule has 0 fully saturated rings. The molecule has 0 spiro atoms. The van der Waals surface area contributed by atoms with E-state index in [1.807, 2.05) is 45.0 Å². The van der Waals surface area contributed by atoms with Gasteiger partial charge in [-0.3, -0.25) is 0 Å². The summed E-state index contributed by atoms with van der Waals surface area (Å²) < 4.78 is 5.36. The van der Waals surface area contributed by atoms with Crippen molar-refractivity contribution in [2.45, 2.75) is 58.6 Å². The van der Waals surface area contributed by atoms with Gasteiger partial charge in [0, 0.05) is 5.02 Å². The second kappa shape index (κ2) is 9.78. The molecule has 1 rings (SSSR count). The van der Waals surface area contributed by atoms with E-state index in [4.69, 9.17) is 16.3 Å². The van der Waals surface area contributed by atoms with E-state index in [-0.39, 0.29) is 6.04 Å². The highest BCUT2D eigenvalue weighted by atomic mass is 35.5. The average molecular weight is 341 g/mol. The van der Waals surface area contributed by atoms with Crippen molar-refractivity contribution in [3.05, 3.63) is 34.9 Å². The van der Waals surface area contributed by atoms with Crippen molar-refractivity contribution in [3.63, 3.8) is 0 Å². The molecule has 0 heterocycles. The highest BCUT2D eigenvalue weighted by molar-refractivity contribution is 6.30. The lowest BCUT2D eigenvalue weighted by atomic mass is 10.0. The van der Waals surface area contributed by atoms with Crippen LogP contribution < -0.4 is 10.6 Å². The van der Waals surface area contributed by atoms with Gasteiger partial charge in [0.1, 0.15) is 5.60 Å². The molecule has 0 aliphatic rings. The molecular formula is C18H29ClN2O2. The van der Waals surface area contributed by atoms with Crippen molar-refractivity contribution in [2.75, 3.05) is 13.1 Å². The Bertz CT molecular complexity index is 469. The molecule has 2 N–H and O–H groups in total. The number of nitrogens with one attached hydrogen (secondary N) is 2. The average Bonchev–Trinajstić information content (AvgIpc) is 2.45. The topological polar surface area (TPSA) is 50.4 Å². The Morgan fingerprint density at radius 1 is 1.22 bits per heavy atom. The highest BCUT2D eigenvalue weighted by Crippen LogP contribution is 2.20. The quantitative estimate of drug-likeness (QED) is 0.675. The van der Waals surface area contributed by atoms with Gasteiger partial charge >= 0.3 is 6.09 Å². The van der Waals surface area contributed by atoms with Crippen molar-refractivity contribution in [1.82, 2.24) is 10.6 Å². The number of ether oxygens (including phenoxy) is 1. The minimum Gasteiger partial charge on any atom is -0.444 e. The standard InChI is InChI=1S/C18H29ClN2O2/c1-5-6-12-20-13-11-16(14-7-9-15(19)10-8-14)21-17(22)23-18(2,3)4/h7-10,16,20H,5-6,11-13H2,1-4H3,(H,21,22). The number of amides is 1. The summed E-state index contributed by atoms with van der Waals surface area (Å²) in [4.78, 5) is 12.1. The Hall–Kier alpha value is -1.26. The first-order valence-electron chi connectivity index (χ1n) is 8.27. The molecule has 0 aliphatic heterocycles. The summed E-state index contributed by atoms with van der Waals surface area (Å²) in [6, 6.07) is 7.46. The Labute approximate surface area is 144 Å². The Morgan fingerprint density at radius 3 is 2.43 bits per heavy atom. The molecule has 0 aliphatic carbocycles. The van der Waals surface area contributed by atoms with Crippen LogP contribution in [0.1, 0.15) is 58.6 Å². The number of hydrogen-bond donors (Lipinski definition) is 2. The van der Waals surface area contributed by atoms with E-state index in [0.29, 0.717) is 5.02 Å². The van der Waals surface area contributed by atoms with Gasteiger partial charge < -0.3 is 15.4 Å². The molecule has 1 aromatic rings. The molecule has 1 aromatic carbocycles. The van der Waals surface area contributed by atoms with Crippen molar-refractivity contribution < 1.29 is 9.53 Å². The molecule has 0 radical (unpaired) electrons. The summed E-state index contributed by atoms with van der Waals surface area (Å²) in [5.74, 6) is 0. The van der Waals surface area contributed by atoms with Crippen LogP contribution in [0.15, 0.2) is 24.3 Å². The maximum Gasteiger partial charge on any atom is 0.408 e. The van der Waals surface area contributed by atoms with Crippen molar-refractivity contribution in [3.8, 4) is 0 Å². The van der Waals surface area contributed by atoms with Crippen LogP contribution in [0.2, 0.25) is 5.02 Å². The lowest BCUT2D eigenvalue weighted by Crippen LogP contribution is -2.36. The maximum absolute atomic E-state index is 12.1. The molecule has 0 saturated carbocycles. The predicted molar refractivity (Wildman–Crippen MR) is 96.0 cm³/mol. The van der Waals surface area contributed by atoms with E-state index in [1.54, 1.807) is 0 Å². The van der Waals surface area contributed by atoms with E-state index < -0.39 is 11.7 Å². The normalized spacial score (nSPS) is 12.7. The van der Waals surface area contributed by atoms with Gasteiger partial charge in [-0.15, -0.1) is 0 Å². The molecule has 4 nitrogen and oxygen atoms in total. The zero-order valence-corrected chi connectivity index (χ0v) is 15.4. The van der Waals surface area contributed by atoms with Crippen LogP contribution in [-0.4, -0.2) is 24.8 Å². The van der Waals surface area contributed by atoms with Crippen molar-refractivity contribution >= 4 is 17.7 Å². The van der Waals surface area contributed by atoms with E-state index in [9.17, 15) is 4.79 Å². The zero-order valence-electron chi connectivity index (χ0n) is 14.6. The first kappa shape index (κ1) is 19.8. The molecule has 5 heteroatoms. The number of carbonyl (C=O) groups is 1. The monoisotopic (exact) mass is 340 g/mol. The number of alkyl carbamates (subject to hydrolysis) is 1. The van der Waals surface area contributed by atoms with Crippen LogP contribution in [0, 0.1) is 0 Å². The third-order valence-corrected chi connectivity index (χ3v) is 3.53. The number of halogens is 1. The van der Waals surface area contributed by atoms with Crippen LogP contribution in [0.3, 0.4) is 0 Å². The van der Waals surface area contributed by atoms with Gasteiger partial charge in [0.05, 0.1) is 6.04 Å². The Balaban J connectivity index is 2.64. The van der Waals surface area contributed by atoms with Crippen LogP contribution in [0.5, 0.6) is 0 Å². The number of carbonyl (C=O) groups excluding carboxylic acids is 1. The summed E-state index contributed by atoms with van der Waals surface area (Å²) in [6.07, 6.45) is 2.73. The summed E-state index contributed by atoms with van der Waals surface area (Å²) in [5.41, 5.74) is 0.520. The SMILES string of the molecule is CCCCNCCC(NC(=O)OC(C)(C)C)c1ccc(Cl)cc1. The van der Waals surface area contributed by atoms with Crippen LogP contribution in [0.25, 0.3) is 0 Å². The van der Waals surface area contributed by atoms with Crippen LogP contribution in [-0.2, 0) is 4.74 Å². The molecule has 130 valence electrons. The summed E-state index contributed by atoms with van der Waals surface area (Å²) >= 11 is 5.95. The Morgan fingerprint density at radius 2 is 1.87 bits per heavy atom. The van der Waals surface area contributed by atoms with E-state index >= 15 is 0 Å². The summed E-state index contributed by atoms with van der Waals surface area (Å²) in [5, 5.41) is 7.04. The number of rotatable bonds is 8. The molecule has 23 heavy (non-hydrogen) atoms. The van der Waals surface area contributed by atoms with Gasteiger partial charge in [-0.25, -0.2) is 4.79 Å². The van der Waals surface area contributed by atoms with Crippen molar-refractivity contribution in [1.29, 1.82) is 0 Å². The van der Waals surface area contributed by atoms with Gasteiger partial charge in [-0.05, 0) is 64.4 Å². The summed E-state index contributed by atoms with van der Waals surface area (Å²) in [7, 11) is 0. The number of hydrogen-bond acceptors (Lipinski definition) is 3. The van der Waals surface area contributed by atoms with Crippen molar-refractivity contribution in [2.24, 2.45) is 0 Å². The number of unbranched alkanes of at least 4 members (excludes halogenated alkanes) is 1. The molecule has 1 atom stereocenters. The van der Waals surface area contributed by atoms with Crippen LogP contribution in [0.4, 0.5) is 4.79 Å². The molecule has 0 saturated heterocycles. The highest BCUT2D eigenvalue weighted by Gasteiger charge is 2.20. The third kappa shape index (κ3) is 8.82. The zero-order chi connectivity index (χ0) is 17.3. The van der Waals surface area contributed by atoms with Crippen LogP contribution >= 0.6 is 11.6 Å². The first-order chi connectivity index (χ1) is 10.8. The van der Waals surface area contributed by atoms with Gasteiger partial charge in [0.25, 0.3) is 0 Å². The van der Waals surface area contributed by atoms with Gasteiger partial charge in [-0.2, -0.15) is 0 Å². The fourth-order valence-electron chi connectivity index (χ4n) is 2.14. The molecule has 0 bridgehead atoms. The van der Waals surface area contributed by atoms with Gasteiger partial charge in [0.15, 0.2) is 0 Å². The fourth-order valence-corrected chi connectivity index (χ4v) is 2.27. The molecular weight excluding hydrogens is 312 g/mol. The minimum absolute atomic E-state index is 0.101. The second-order valence-electron chi connectivity index (χ2n) is 6.64. The van der Waals surface area contributed by atoms with E-state index in [2.05, 4.69) is 17.6 Å². The predicted octanol–water partition coefficient (Wildman–Crippen LogP) is 4.69. The minimum atomic E-state index is -0.506. The first-order valence-corrected chi connectivity index (χ1v) is 8.65. The Kier molecular flexibility index (Phi) is 8.42. The fraction of sp³-hybridized carbons (Fsp3) is 0.611. The number of benzene rings is 1. The van der Waals surface area contributed by atoms with Gasteiger partial charge in [-0.1, -0.05) is 37.1 Å². The molecule has 1 amide bonds. The third-order valence-electron chi connectivity index (χ3n) is 3.28. The molecule has 0 aromatic heterocycles.